The largest absolute Gasteiger partial charge is 0.325 e. The van der Waals surface area contributed by atoms with Crippen LogP contribution in [0.15, 0.2) is 72.1 Å². The van der Waals surface area contributed by atoms with Crippen LogP contribution < -0.4 is 5.32 Å². The average Bonchev–Trinajstić information content (AvgIpc) is 3.10. The van der Waals surface area contributed by atoms with Gasteiger partial charge in [-0.1, -0.05) is 54.6 Å². The summed E-state index contributed by atoms with van der Waals surface area (Å²) in [5, 5.41) is 7.38. The Bertz CT molecular complexity index is 1170. The molecule has 4 aromatic rings. The van der Waals surface area contributed by atoms with E-state index in [2.05, 4.69) is 29.6 Å². The third-order valence-corrected chi connectivity index (χ3v) is 6.22. The maximum Gasteiger partial charge on any atom is 0.225 e. The average molecular weight is 373 g/mol. The Labute approximate surface area is 160 Å². The highest BCUT2D eigenvalue weighted by Gasteiger charge is 2.31. The summed E-state index contributed by atoms with van der Waals surface area (Å²) in [6.45, 7) is 0. The zero-order valence-corrected chi connectivity index (χ0v) is 15.2. The van der Waals surface area contributed by atoms with Crippen LogP contribution in [0.3, 0.4) is 0 Å². The van der Waals surface area contributed by atoms with Gasteiger partial charge in [0.05, 0.1) is 5.69 Å². The SMILES string of the molecule is O=C1C[C@H](c2cccc3ccccc23)c2scc(-c3cccc(F)c3)c2N1. The van der Waals surface area contributed by atoms with Crippen molar-refractivity contribution in [3.05, 3.63) is 88.4 Å². The molecular weight excluding hydrogens is 357 g/mol. The number of fused-ring (bicyclic) bond motifs is 2. The van der Waals surface area contributed by atoms with Crippen LogP contribution in [-0.4, -0.2) is 5.91 Å². The summed E-state index contributed by atoms with van der Waals surface area (Å²) in [7, 11) is 0. The molecular formula is C23H16FNOS. The first-order valence-electron chi connectivity index (χ1n) is 8.85. The van der Waals surface area contributed by atoms with Crippen LogP contribution in [0.2, 0.25) is 0 Å². The minimum Gasteiger partial charge on any atom is -0.325 e. The number of carbonyl (C=O) groups excluding carboxylic acids is 1. The summed E-state index contributed by atoms with van der Waals surface area (Å²) < 4.78 is 13.7. The summed E-state index contributed by atoms with van der Waals surface area (Å²) in [5.41, 5.74) is 3.65. The van der Waals surface area contributed by atoms with Gasteiger partial charge in [-0.25, -0.2) is 4.39 Å². The van der Waals surface area contributed by atoms with Crippen molar-refractivity contribution < 1.29 is 9.18 Å². The zero-order valence-electron chi connectivity index (χ0n) is 14.4. The van der Waals surface area contributed by atoms with E-state index in [0.29, 0.717) is 6.42 Å². The smallest absolute Gasteiger partial charge is 0.225 e. The second-order valence-corrected chi connectivity index (χ2v) is 7.68. The summed E-state index contributed by atoms with van der Waals surface area (Å²) in [4.78, 5) is 13.6. The molecule has 0 aliphatic carbocycles. The molecule has 1 aliphatic rings. The highest BCUT2D eigenvalue weighted by atomic mass is 32.1. The Balaban J connectivity index is 1.69. The van der Waals surface area contributed by atoms with Gasteiger partial charge in [-0.2, -0.15) is 0 Å². The van der Waals surface area contributed by atoms with Gasteiger partial charge in [0.15, 0.2) is 0 Å². The van der Waals surface area contributed by atoms with Gasteiger partial charge >= 0.3 is 0 Å². The predicted molar refractivity (Wildman–Crippen MR) is 109 cm³/mol. The maximum atomic E-state index is 13.7. The van der Waals surface area contributed by atoms with E-state index in [4.69, 9.17) is 0 Å². The van der Waals surface area contributed by atoms with E-state index in [0.717, 1.165) is 27.3 Å². The van der Waals surface area contributed by atoms with Crippen molar-refractivity contribution in [2.75, 3.05) is 5.32 Å². The molecule has 0 saturated heterocycles. The Morgan fingerprint density at radius 2 is 1.81 bits per heavy atom. The summed E-state index contributed by atoms with van der Waals surface area (Å²) in [5.74, 6) is -0.274. The van der Waals surface area contributed by atoms with Crippen LogP contribution in [0.25, 0.3) is 21.9 Å². The first kappa shape index (κ1) is 16.2. The number of rotatable bonds is 2. The fourth-order valence-electron chi connectivity index (χ4n) is 3.90. The number of halogens is 1. The van der Waals surface area contributed by atoms with Crippen molar-refractivity contribution in [2.45, 2.75) is 12.3 Å². The van der Waals surface area contributed by atoms with Gasteiger partial charge in [-0.05, 0) is 34.0 Å². The van der Waals surface area contributed by atoms with Crippen molar-refractivity contribution in [3.8, 4) is 11.1 Å². The van der Waals surface area contributed by atoms with E-state index in [1.807, 2.05) is 29.6 Å². The lowest BCUT2D eigenvalue weighted by Gasteiger charge is -2.25. The van der Waals surface area contributed by atoms with Crippen LogP contribution in [-0.2, 0) is 4.79 Å². The summed E-state index contributed by atoms with van der Waals surface area (Å²) in [6, 6.07) is 21.0. The normalized spacial score (nSPS) is 16.2. The van der Waals surface area contributed by atoms with Gasteiger partial charge in [-0.3, -0.25) is 4.79 Å². The van der Waals surface area contributed by atoms with E-state index in [1.165, 1.54) is 22.9 Å². The molecule has 5 rings (SSSR count). The van der Waals surface area contributed by atoms with Crippen molar-refractivity contribution in [1.82, 2.24) is 0 Å². The zero-order chi connectivity index (χ0) is 18.4. The molecule has 2 nitrogen and oxygen atoms in total. The second kappa shape index (κ2) is 6.32. The van der Waals surface area contributed by atoms with Gasteiger partial charge in [0, 0.05) is 28.2 Å². The number of hydrogen-bond donors (Lipinski definition) is 1. The highest BCUT2D eigenvalue weighted by molar-refractivity contribution is 7.11. The van der Waals surface area contributed by atoms with E-state index < -0.39 is 0 Å². The lowest BCUT2D eigenvalue weighted by Crippen LogP contribution is -2.22. The Morgan fingerprint density at radius 1 is 1.00 bits per heavy atom. The van der Waals surface area contributed by atoms with Gasteiger partial charge in [0.1, 0.15) is 5.82 Å². The number of nitrogens with one attached hydrogen (secondary N) is 1. The number of carbonyl (C=O) groups is 1. The number of benzene rings is 3. The minimum absolute atomic E-state index is 0.00325. The number of amides is 1. The molecule has 0 bridgehead atoms. The third kappa shape index (κ3) is 2.73. The van der Waals surface area contributed by atoms with Gasteiger partial charge in [-0.15, -0.1) is 11.3 Å². The van der Waals surface area contributed by atoms with E-state index in [9.17, 15) is 9.18 Å². The first-order chi connectivity index (χ1) is 13.2. The van der Waals surface area contributed by atoms with Crippen LogP contribution in [0.1, 0.15) is 22.8 Å². The van der Waals surface area contributed by atoms with Crippen LogP contribution in [0.5, 0.6) is 0 Å². The van der Waals surface area contributed by atoms with Crippen LogP contribution >= 0.6 is 11.3 Å². The predicted octanol–water partition coefficient (Wildman–Crippen LogP) is 6.18. The van der Waals surface area contributed by atoms with Gasteiger partial charge in [0.25, 0.3) is 0 Å². The molecule has 1 amide bonds. The maximum absolute atomic E-state index is 13.7. The molecule has 27 heavy (non-hydrogen) atoms. The molecule has 2 heterocycles. The quantitative estimate of drug-likeness (QED) is 0.446. The van der Waals surface area contributed by atoms with Crippen molar-refractivity contribution in [3.63, 3.8) is 0 Å². The standard InChI is InChI=1S/C23H16FNOS/c24-16-8-3-7-15(11-16)20-13-27-23-19(12-21(26)25-22(20)23)18-10-4-6-14-5-1-2-9-17(14)18/h1-11,13,19H,12H2,(H,25,26)/t19-/m1/s1. The molecule has 0 unspecified atom stereocenters. The van der Waals surface area contributed by atoms with E-state index >= 15 is 0 Å². The molecule has 3 aromatic carbocycles. The van der Waals surface area contributed by atoms with Crippen molar-refractivity contribution in [1.29, 1.82) is 0 Å². The van der Waals surface area contributed by atoms with E-state index in [-0.39, 0.29) is 17.6 Å². The molecule has 1 aliphatic heterocycles. The van der Waals surface area contributed by atoms with Crippen LogP contribution in [0, 0.1) is 5.82 Å². The first-order valence-corrected chi connectivity index (χ1v) is 9.73. The lowest BCUT2D eigenvalue weighted by atomic mass is 9.86. The number of anilines is 1. The highest BCUT2D eigenvalue weighted by Crippen LogP contribution is 2.47. The molecule has 132 valence electrons. The third-order valence-electron chi connectivity index (χ3n) is 5.12. The van der Waals surface area contributed by atoms with Gasteiger partial charge < -0.3 is 5.32 Å². The molecule has 1 N–H and O–H groups in total. The van der Waals surface area contributed by atoms with Gasteiger partial charge in [0.2, 0.25) is 5.91 Å². The molecule has 4 heteroatoms. The van der Waals surface area contributed by atoms with Crippen molar-refractivity contribution in [2.24, 2.45) is 0 Å². The number of hydrogen-bond acceptors (Lipinski definition) is 2. The Morgan fingerprint density at radius 3 is 2.70 bits per heavy atom. The second-order valence-electron chi connectivity index (χ2n) is 6.77. The molecule has 1 aromatic heterocycles. The summed E-state index contributed by atoms with van der Waals surface area (Å²) in [6.07, 6.45) is 0.421. The fraction of sp³-hybridized carbons (Fsp3) is 0.0870. The van der Waals surface area contributed by atoms with Crippen LogP contribution in [0.4, 0.5) is 10.1 Å². The molecule has 0 radical (unpaired) electrons. The Hall–Kier alpha value is -2.98. The molecule has 1 atom stereocenters. The fourth-order valence-corrected chi connectivity index (χ4v) is 5.05. The summed E-state index contributed by atoms with van der Waals surface area (Å²) >= 11 is 1.63. The number of thiophene rings is 1. The monoisotopic (exact) mass is 373 g/mol. The lowest BCUT2D eigenvalue weighted by molar-refractivity contribution is -0.116. The van der Waals surface area contributed by atoms with E-state index in [1.54, 1.807) is 17.4 Å². The molecule has 0 spiro atoms. The molecule has 0 fully saturated rings. The molecule has 0 saturated carbocycles. The topological polar surface area (TPSA) is 29.1 Å². The minimum atomic E-state index is -0.278. The van der Waals surface area contributed by atoms with Crippen molar-refractivity contribution >= 4 is 33.7 Å². The Kier molecular flexibility index (Phi) is 3.80.